The molecule has 0 aliphatic heterocycles. The average Bonchev–Trinajstić information content (AvgIpc) is 2.40. The zero-order valence-corrected chi connectivity index (χ0v) is 13.5. The quantitative estimate of drug-likeness (QED) is 0.870. The van der Waals surface area contributed by atoms with Gasteiger partial charge in [0.25, 0.3) is 0 Å². The molecule has 0 saturated carbocycles. The molecule has 112 valence electrons. The van der Waals surface area contributed by atoms with Gasteiger partial charge in [0, 0.05) is 5.56 Å². The largest absolute Gasteiger partial charge is 0.457 e. The van der Waals surface area contributed by atoms with E-state index in [1.54, 1.807) is 0 Å². The smallest absolute Gasteiger partial charge is 0.131 e. The Morgan fingerprint density at radius 3 is 2.29 bits per heavy atom. The van der Waals surface area contributed by atoms with Crippen molar-refractivity contribution in [2.45, 2.75) is 46.6 Å². The summed E-state index contributed by atoms with van der Waals surface area (Å²) in [6, 6.07) is 12.1. The molecular formula is C19H24O2. The van der Waals surface area contributed by atoms with Crippen molar-refractivity contribution in [2.24, 2.45) is 0 Å². The highest BCUT2D eigenvalue weighted by Gasteiger charge is 2.19. The first-order chi connectivity index (χ1) is 9.81. The highest BCUT2D eigenvalue weighted by atomic mass is 16.5. The van der Waals surface area contributed by atoms with Crippen LogP contribution in [0.1, 0.15) is 43.0 Å². The van der Waals surface area contributed by atoms with Gasteiger partial charge in [0.05, 0.1) is 6.61 Å². The fourth-order valence-corrected chi connectivity index (χ4v) is 2.36. The second-order valence-corrected chi connectivity index (χ2v) is 6.60. The Labute approximate surface area is 127 Å². The summed E-state index contributed by atoms with van der Waals surface area (Å²) in [5, 5.41) is 9.24. The summed E-state index contributed by atoms with van der Waals surface area (Å²) >= 11 is 0. The van der Waals surface area contributed by atoms with Gasteiger partial charge in [-0.2, -0.15) is 0 Å². The van der Waals surface area contributed by atoms with E-state index in [-0.39, 0.29) is 12.0 Å². The summed E-state index contributed by atoms with van der Waals surface area (Å²) in [7, 11) is 0. The maximum absolute atomic E-state index is 9.24. The normalized spacial score (nSPS) is 11.5. The zero-order chi connectivity index (χ0) is 15.6. The molecule has 0 fully saturated rings. The molecule has 0 unspecified atom stereocenters. The minimum Gasteiger partial charge on any atom is -0.457 e. The van der Waals surface area contributed by atoms with Crippen molar-refractivity contribution in [1.82, 2.24) is 0 Å². The van der Waals surface area contributed by atoms with Gasteiger partial charge in [-0.3, -0.25) is 0 Å². The Morgan fingerprint density at radius 2 is 1.71 bits per heavy atom. The molecule has 21 heavy (non-hydrogen) atoms. The van der Waals surface area contributed by atoms with Crippen LogP contribution in [0.5, 0.6) is 11.5 Å². The fourth-order valence-electron chi connectivity index (χ4n) is 2.36. The molecule has 0 aliphatic carbocycles. The molecule has 0 heterocycles. The minimum absolute atomic E-state index is 0.0292. The van der Waals surface area contributed by atoms with Gasteiger partial charge in [0.2, 0.25) is 0 Å². The summed E-state index contributed by atoms with van der Waals surface area (Å²) in [4.78, 5) is 0. The second-order valence-electron chi connectivity index (χ2n) is 6.60. The van der Waals surface area contributed by atoms with E-state index < -0.39 is 0 Å². The maximum Gasteiger partial charge on any atom is 0.131 e. The van der Waals surface area contributed by atoms with E-state index in [4.69, 9.17) is 4.74 Å². The van der Waals surface area contributed by atoms with Crippen molar-refractivity contribution in [3.8, 4) is 11.5 Å². The summed E-state index contributed by atoms with van der Waals surface area (Å²) in [6.45, 7) is 10.7. The molecule has 2 rings (SSSR count). The van der Waals surface area contributed by atoms with E-state index in [1.165, 1.54) is 11.1 Å². The lowest BCUT2D eigenvalue weighted by molar-refractivity contribution is 0.281. The number of aryl methyl sites for hydroxylation is 2. The highest BCUT2D eigenvalue weighted by Crippen LogP contribution is 2.35. The van der Waals surface area contributed by atoms with E-state index in [0.29, 0.717) is 0 Å². The van der Waals surface area contributed by atoms with Crippen LogP contribution in [0.4, 0.5) is 0 Å². The standard InChI is InChI=1S/C19H24O2/c1-13-6-9-18(17(10-13)19(3,4)5)21-16-8-7-15(12-20)14(2)11-16/h6-11,20H,12H2,1-5H3. The Morgan fingerprint density at radius 1 is 1.00 bits per heavy atom. The molecule has 0 bridgehead atoms. The van der Waals surface area contributed by atoms with Crippen LogP contribution in [0.15, 0.2) is 36.4 Å². The Bertz CT molecular complexity index is 636. The van der Waals surface area contributed by atoms with Crippen molar-refractivity contribution in [2.75, 3.05) is 0 Å². The molecule has 1 N–H and O–H groups in total. The number of hydrogen-bond donors (Lipinski definition) is 1. The molecule has 2 nitrogen and oxygen atoms in total. The second kappa shape index (κ2) is 5.90. The van der Waals surface area contributed by atoms with Crippen molar-refractivity contribution < 1.29 is 9.84 Å². The molecule has 0 spiro atoms. The lowest BCUT2D eigenvalue weighted by atomic mass is 9.85. The predicted octanol–water partition coefficient (Wildman–Crippen LogP) is 4.89. The first kappa shape index (κ1) is 15.6. The third-order valence-electron chi connectivity index (χ3n) is 3.66. The fraction of sp³-hybridized carbons (Fsp3) is 0.368. The molecule has 2 aromatic rings. The predicted molar refractivity (Wildman–Crippen MR) is 87.1 cm³/mol. The molecule has 2 aromatic carbocycles. The zero-order valence-electron chi connectivity index (χ0n) is 13.5. The summed E-state index contributed by atoms with van der Waals surface area (Å²) in [5.74, 6) is 1.70. The third kappa shape index (κ3) is 3.64. The van der Waals surface area contributed by atoms with Crippen molar-refractivity contribution in [3.63, 3.8) is 0 Å². The van der Waals surface area contributed by atoms with E-state index in [0.717, 1.165) is 22.6 Å². The molecular weight excluding hydrogens is 260 g/mol. The topological polar surface area (TPSA) is 29.5 Å². The van der Waals surface area contributed by atoms with Crippen LogP contribution in [0, 0.1) is 13.8 Å². The van der Waals surface area contributed by atoms with E-state index in [2.05, 4.69) is 39.8 Å². The Hall–Kier alpha value is -1.80. The summed E-state index contributed by atoms with van der Waals surface area (Å²) in [5.41, 5.74) is 4.44. The van der Waals surface area contributed by atoms with E-state index >= 15 is 0 Å². The SMILES string of the molecule is Cc1ccc(Oc2ccc(CO)c(C)c2)c(C(C)(C)C)c1. The van der Waals surface area contributed by atoms with Gasteiger partial charge in [0.1, 0.15) is 11.5 Å². The molecule has 0 aromatic heterocycles. The van der Waals surface area contributed by atoms with Gasteiger partial charge in [-0.15, -0.1) is 0 Å². The van der Waals surface area contributed by atoms with Crippen LogP contribution >= 0.6 is 0 Å². The molecule has 0 aliphatic rings. The van der Waals surface area contributed by atoms with Crippen LogP contribution in [0.3, 0.4) is 0 Å². The number of benzene rings is 2. The summed E-state index contributed by atoms with van der Waals surface area (Å²) in [6.07, 6.45) is 0. The highest BCUT2D eigenvalue weighted by molar-refractivity contribution is 5.45. The van der Waals surface area contributed by atoms with Gasteiger partial charge in [-0.05, 0) is 48.6 Å². The van der Waals surface area contributed by atoms with Gasteiger partial charge in [0.15, 0.2) is 0 Å². The Balaban J connectivity index is 2.38. The number of rotatable bonds is 3. The lowest BCUT2D eigenvalue weighted by Crippen LogP contribution is -2.12. The van der Waals surface area contributed by atoms with Gasteiger partial charge in [-0.1, -0.05) is 44.5 Å². The van der Waals surface area contributed by atoms with Crippen LogP contribution in [-0.4, -0.2) is 5.11 Å². The first-order valence-corrected chi connectivity index (χ1v) is 7.30. The molecule has 0 saturated heterocycles. The summed E-state index contributed by atoms with van der Waals surface area (Å²) < 4.78 is 6.09. The van der Waals surface area contributed by atoms with Crippen LogP contribution in [0.2, 0.25) is 0 Å². The van der Waals surface area contributed by atoms with Crippen molar-refractivity contribution in [3.05, 3.63) is 58.7 Å². The molecule has 2 heteroatoms. The van der Waals surface area contributed by atoms with Crippen LogP contribution in [0.25, 0.3) is 0 Å². The van der Waals surface area contributed by atoms with Crippen molar-refractivity contribution >= 4 is 0 Å². The van der Waals surface area contributed by atoms with E-state index in [9.17, 15) is 5.11 Å². The van der Waals surface area contributed by atoms with Crippen LogP contribution < -0.4 is 4.74 Å². The van der Waals surface area contributed by atoms with Crippen LogP contribution in [-0.2, 0) is 12.0 Å². The number of aliphatic hydroxyl groups excluding tert-OH is 1. The molecule has 0 radical (unpaired) electrons. The first-order valence-electron chi connectivity index (χ1n) is 7.30. The molecule has 0 atom stereocenters. The number of aliphatic hydroxyl groups is 1. The monoisotopic (exact) mass is 284 g/mol. The number of hydrogen-bond acceptors (Lipinski definition) is 2. The lowest BCUT2D eigenvalue weighted by Gasteiger charge is -2.23. The van der Waals surface area contributed by atoms with E-state index in [1.807, 2.05) is 31.2 Å². The molecule has 0 amide bonds. The van der Waals surface area contributed by atoms with Crippen molar-refractivity contribution in [1.29, 1.82) is 0 Å². The Kier molecular flexibility index (Phi) is 4.38. The average molecular weight is 284 g/mol. The van der Waals surface area contributed by atoms with Gasteiger partial charge < -0.3 is 9.84 Å². The van der Waals surface area contributed by atoms with Gasteiger partial charge in [-0.25, -0.2) is 0 Å². The number of ether oxygens (including phenoxy) is 1. The van der Waals surface area contributed by atoms with Gasteiger partial charge >= 0.3 is 0 Å². The minimum atomic E-state index is 0.0292. The third-order valence-corrected chi connectivity index (χ3v) is 3.66. The maximum atomic E-state index is 9.24.